The summed E-state index contributed by atoms with van der Waals surface area (Å²) in [6.07, 6.45) is 7.06. The van der Waals surface area contributed by atoms with E-state index in [2.05, 4.69) is 63.9 Å². The summed E-state index contributed by atoms with van der Waals surface area (Å²) >= 11 is 0. The third-order valence-corrected chi connectivity index (χ3v) is 5.19. The summed E-state index contributed by atoms with van der Waals surface area (Å²) in [5.41, 5.74) is 3.30. The van der Waals surface area contributed by atoms with Gasteiger partial charge in [-0.15, -0.1) is 0 Å². The number of hydrogen-bond donors (Lipinski definition) is 0. The van der Waals surface area contributed by atoms with Gasteiger partial charge in [0.1, 0.15) is 5.82 Å². The van der Waals surface area contributed by atoms with E-state index in [1.54, 1.807) is 0 Å². The maximum Gasteiger partial charge on any atom is 0.140 e. The van der Waals surface area contributed by atoms with Gasteiger partial charge < -0.3 is 9.47 Å². The predicted octanol–water partition coefficient (Wildman–Crippen LogP) is 4.12. The molecule has 0 radical (unpaired) electrons. The van der Waals surface area contributed by atoms with Crippen molar-refractivity contribution >= 4 is 0 Å². The molecule has 3 heterocycles. The van der Waals surface area contributed by atoms with E-state index in [1.165, 1.54) is 6.42 Å². The number of likely N-dealkylation sites (tertiary alicyclic amines) is 1. The fourth-order valence-corrected chi connectivity index (χ4v) is 3.88. The molecule has 1 fully saturated rings. The Balaban J connectivity index is 1.62. The highest BCUT2D eigenvalue weighted by atomic mass is 15.2. The van der Waals surface area contributed by atoms with E-state index in [0.717, 1.165) is 35.7 Å². The zero-order valence-electron chi connectivity index (χ0n) is 14.8. The Morgan fingerprint density at radius 3 is 2.48 bits per heavy atom. The molecule has 0 N–H and O–H groups in total. The molecule has 4 heteroatoms. The van der Waals surface area contributed by atoms with Crippen LogP contribution in [-0.2, 0) is 0 Å². The lowest BCUT2D eigenvalue weighted by molar-refractivity contribution is 0.160. The average molecular weight is 332 g/mol. The van der Waals surface area contributed by atoms with Crippen LogP contribution in [-0.4, -0.2) is 39.6 Å². The van der Waals surface area contributed by atoms with Gasteiger partial charge in [-0.3, -0.25) is 4.98 Å². The molecule has 0 amide bonds. The molecule has 1 saturated heterocycles. The van der Waals surface area contributed by atoms with Gasteiger partial charge in [0.05, 0.1) is 5.69 Å². The lowest BCUT2D eigenvalue weighted by Crippen LogP contribution is -2.37. The normalized spacial score (nSPS) is 21.4. The summed E-state index contributed by atoms with van der Waals surface area (Å²) in [4.78, 5) is 11.5. The highest BCUT2D eigenvalue weighted by Gasteiger charge is 2.27. The molecule has 1 aliphatic rings. The molecule has 25 heavy (non-hydrogen) atoms. The van der Waals surface area contributed by atoms with E-state index in [9.17, 15) is 0 Å². The van der Waals surface area contributed by atoms with Crippen molar-refractivity contribution in [3.63, 3.8) is 0 Å². The molecular weight excluding hydrogens is 308 g/mol. The Labute approximate surface area is 149 Å². The zero-order valence-corrected chi connectivity index (χ0v) is 14.8. The van der Waals surface area contributed by atoms with E-state index >= 15 is 0 Å². The number of rotatable bonds is 3. The molecule has 0 bridgehead atoms. The van der Waals surface area contributed by atoms with Crippen molar-refractivity contribution in [1.82, 2.24) is 19.4 Å². The van der Waals surface area contributed by atoms with Crippen LogP contribution in [0.25, 0.3) is 22.6 Å². The number of imidazole rings is 1. The van der Waals surface area contributed by atoms with Gasteiger partial charge in [0.25, 0.3) is 0 Å². The van der Waals surface area contributed by atoms with Crippen LogP contribution >= 0.6 is 0 Å². The van der Waals surface area contributed by atoms with Crippen molar-refractivity contribution in [3.8, 4) is 22.6 Å². The minimum Gasteiger partial charge on any atom is -0.328 e. The second-order valence-corrected chi connectivity index (χ2v) is 7.05. The first-order valence-electron chi connectivity index (χ1n) is 8.95. The first kappa shape index (κ1) is 16.0. The summed E-state index contributed by atoms with van der Waals surface area (Å²) in [5.74, 6) is 1.69. The van der Waals surface area contributed by atoms with Crippen molar-refractivity contribution in [2.45, 2.75) is 19.4 Å². The van der Waals surface area contributed by atoms with Gasteiger partial charge in [-0.2, -0.15) is 0 Å². The summed E-state index contributed by atoms with van der Waals surface area (Å²) in [5, 5.41) is 0. The molecule has 2 aromatic heterocycles. The minimum absolute atomic E-state index is 0.518. The van der Waals surface area contributed by atoms with Gasteiger partial charge in [-0.25, -0.2) is 4.98 Å². The number of nitrogens with zero attached hydrogens (tertiary/aromatic N) is 4. The lowest BCUT2D eigenvalue weighted by atomic mass is 9.93. The smallest absolute Gasteiger partial charge is 0.140 e. The number of piperidine rings is 1. The van der Waals surface area contributed by atoms with Crippen molar-refractivity contribution in [2.24, 2.45) is 5.92 Å². The van der Waals surface area contributed by atoms with Crippen LogP contribution in [0, 0.1) is 5.92 Å². The second-order valence-electron chi connectivity index (χ2n) is 7.05. The molecule has 4 nitrogen and oxygen atoms in total. The molecule has 0 aliphatic carbocycles. The molecule has 1 aromatic carbocycles. The second kappa shape index (κ2) is 6.81. The van der Waals surface area contributed by atoms with E-state index in [1.807, 2.05) is 30.6 Å². The molecule has 1 aliphatic heterocycles. The van der Waals surface area contributed by atoms with E-state index < -0.39 is 0 Å². The van der Waals surface area contributed by atoms with Crippen LogP contribution < -0.4 is 0 Å². The standard InChI is InChI=1S/C21H24N4/c1-16-15-24(2)13-10-20(16)25-14-12-23-21(25)18-8-6-17(7-9-18)19-5-3-4-11-22-19/h3-9,11-12,14,16,20H,10,13,15H2,1-2H3/t16-,20-/m0/s1. The molecule has 0 spiro atoms. The topological polar surface area (TPSA) is 34.0 Å². The van der Waals surface area contributed by atoms with Crippen LogP contribution in [0.4, 0.5) is 0 Å². The van der Waals surface area contributed by atoms with Gasteiger partial charge in [0.15, 0.2) is 0 Å². The van der Waals surface area contributed by atoms with Crippen LogP contribution in [0.2, 0.25) is 0 Å². The van der Waals surface area contributed by atoms with Gasteiger partial charge in [0, 0.05) is 42.3 Å². The fraction of sp³-hybridized carbons (Fsp3) is 0.333. The Morgan fingerprint density at radius 2 is 1.76 bits per heavy atom. The predicted molar refractivity (Wildman–Crippen MR) is 101 cm³/mol. The summed E-state index contributed by atoms with van der Waals surface area (Å²) < 4.78 is 2.37. The molecule has 128 valence electrons. The quantitative estimate of drug-likeness (QED) is 0.723. The van der Waals surface area contributed by atoms with Crippen molar-refractivity contribution in [3.05, 3.63) is 61.1 Å². The highest BCUT2D eigenvalue weighted by molar-refractivity contribution is 5.65. The monoisotopic (exact) mass is 332 g/mol. The number of pyridine rings is 1. The van der Waals surface area contributed by atoms with Gasteiger partial charge >= 0.3 is 0 Å². The van der Waals surface area contributed by atoms with Crippen LogP contribution in [0.1, 0.15) is 19.4 Å². The Morgan fingerprint density at radius 1 is 0.960 bits per heavy atom. The van der Waals surface area contributed by atoms with Gasteiger partial charge in [-0.05, 0) is 38.1 Å². The number of aromatic nitrogens is 3. The zero-order chi connectivity index (χ0) is 17.2. The maximum absolute atomic E-state index is 4.65. The minimum atomic E-state index is 0.518. The van der Waals surface area contributed by atoms with Gasteiger partial charge in [-0.1, -0.05) is 37.3 Å². The van der Waals surface area contributed by atoms with Gasteiger partial charge in [0.2, 0.25) is 0 Å². The molecule has 0 unspecified atom stereocenters. The first-order valence-corrected chi connectivity index (χ1v) is 8.95. The lowest BCUT2D eigenvalue weighted by Gasteiger charge is -2.36. The van der Waals surface area contributed by atoms with E-state index in [0.29, 0.717) is 12.0 Å². The molecular formula is C21H24N4. The van der Waals surface area contributed by atoms with Crippen molar-refractivity contribution in [2.75, 3.05) is 20.1 Å². The summed E-state index contributed by atoms with van der Waals surface area (Å²) in [7, 11) is 2.21. The molecule has 0 saturated carbocycles. The van der Waals surface area contributed by atoms with Crippen LogP contribution in [0.15, 0.2) is 61.1 Å². The Hall–Kier alpha value is -2.46. The van der Waals surface area contributed by atoms with Crippen LogP contribution in [0.3, 0.4) is 0 Å². The molecule has 3 aromatic rings. The molecule has 2 atom stereocenters. The highest BCUT2D eigenvalue weighted by Crippen LogP contribution is 2.32. The Bertz CT molecular complexity index is 823. The SMILES string of the molecule is C[C@H]1CN(C)CC[C@@H]1n1ccnc1-c1ccc(-c2ccccn2)cc1. The number of hydrogen-bond acceptors (Lipinski definition) is 3. The fourth-order valence-electron chi connectivity index (χ4n) is 3.88. The van der Waals surface area contributed by atoms with Crippen LogP contribution in [0.5, 0.6) is 0 Å². The summed E-state index contributed by atoms with van der Waals surface area (Å²) in [6.45, 7) is 4.63. The third-order valence-electron chi connectivity index (χ3n) is 5.19. The largest absolute Gasteiger partial charge is 0.328 e. The Kier molecular flexibility index (Phi) is 4.36. The van der Waals surface area contributed by atoms with E-state index in [4.69, 9.17) is 0 Å². The van der Waals surface area contributed by atoms with Crippen molar-refractivity contribution < 1.29 is 0 Å². The van der Waals surface area contributed by atoms with Crippen molar-refractivity contribution in [1.29, 1.82) is 0 Å². The average Bonchev–Trinajstić information content (AvgIpc) is 3.12. The van der Waals surface area contributed by atoms with E-state index in [-0.39, 0.29) is 0 Å². The summed E-state index contributed by atoms with van der Waals surface area (Å²) in [6, 6.07) is 15.1. The maximum atomic E-state index is 4.65. The molecule has 4 rings (SSSR count). The first-order chi connectivity index (χ1) is 12.2. The number of benzene rings is 1. The third kappa shape index (κ3) is 3.22.